The van der Waals surface area contributed by atoms with Crippen LogP contribution < -0.4 is 0 Å². The number of carboxylic acid groups (broad SMARTS) is 1. The molecule has 70 valence electrons. The summed E-state index contributed by atoms with van der Waals surface area (Å²) in [6, 6.07) is 9.05. The van der Waals surface area contributed by atoms with E-state index in [0.29, 0.717) is 5.69 Å². The number of benzene rings is 1. The fourth-order valence-electron chi connectivity index (χ4n) is 1.20. The number of hydrogen-bond acceptors (Lipinski definition) is 3. The van der Waals surface area contributed by atoms with Crippen LogP contribution in [0.15, 0.2) is 41.1 Å². The first-order valence-corrected chi connectivity index (χ1v) is 4.01. The van der Waals surface area contributed by atoms with Gasteiger partial charge in [0.2, 0.25) is 5.76 Å². The molecule has 1 heterocycles. The van der Waals surface area contributed by atoms with Crippen LogP contribution in [0.5, 0.6) is 0 Å². The Bertz CT molecular complexity index is 447. The molecule has 0 bridgehead atoms. The molecule has 0 spiro atoms. The molecule has 0 aliphatic carbocycles. The Kier molecular flexibility index (Phi) is 2.02. The summed E-state index contributed by atoms with van der Waals surface area (Å²) in [6.07, 6.45) is 1.13. The molecule has 14 heavy (non-hydrogen) atoms. The van der Waals surface area contributed by atoms with Crippen LogP contribution in [-0.4, -0.2) is 16.1 Å². The van der Waals surface area contributed by atoms with Gasteiger partial charge < -0.3 is 9.52 Å². The van der Waals surface area contributed by atoms with Gasteiger partial charge in [0.15, 0.2) is 6.39 Å². The zero-order chi connectivity index (χ0) is 9.97. The van der Waals surface area contributed by atoms with Crippen molar-refractivity contribution in [3.63, 3.8) is 0 Å². The van der Waals surface area contributed by atoms with Crippen molar-refractivity contribution in [2.75, 3.05) is 0 Å². The second-order valence-corrected chi connectivity index (χ2v) is 2.70. The number of rotatable bonds is 2. The van der Waals surface area contributed by atoms with Gasteiger partial charge in [0.05, 0.1) is 0 Å². The maximum atomic E-state index is 10.7. The van der Waals surface area contributed by atoms with Crippen molar-refractivity contribution in [1.29, 1.82) is 0 Å². The highest BCUT2D eigenvalue weighted by atomic mass is 16.4. The van der Waals surface area contributed by atoms with Crippen LogP contribution in [0.1, 0.15) is 10.6 Å². The van der Waals surface area contributed by atoms with Crippen LogP contribution in [0.2, 0.25) is 0 Å². The fourth-order valence-corrected chi connectivity index (χ4v) is 1.20. The van der Waals surface area contributed by atoms with Gasteiger partial charge in [0.25, 0.3) is 0 Å². The minimum Gasteiger partial charge on any atom is -0.475 e. The van der Waals surface area contributed by atoms with E-state index >= 15 is 0 Å². The summed E-state index contributed by atoms with van der Waals surface area (Å²) in [5.74, 6) is -1.24. The molecule has 4 heteroatoms. The monoisotopic (exact) mass is 189 g/mol. The molecule has 2 aromatic rings. The van der Waals surface area contributed by atoms with Gasteiger partial charge in [-0.1, -0.05) is 30.3 Å². The van der Waals surface area contributed by atoms with E-state index < -0.39 is 5.97 Å². The van der Waals surface area contributed by atoms with Crippen molar-refractivity contribution in [1.82, 2.24) is 4.98 Å². The Morgan fingerprint density at radius 1 is 1.29 bits per heavy atom. The zero-order valence-corrected chi connectivity index (χ0v) is 7.18. The van der Waals surface area contributed by atoms with Gasteiger partial charge in [-0.15, -0.1) is 0 Å². The molecule has 0 saturated heterocycles. The third-order valence-corrected chi connectivity index (χ3v) is 1.81. The Morgan fingerprint density at radius 3 is 2.64 bits per heavy atom. The largest absolute Gasteiger partial charge is 0.475 e. The zero-order valence-electron chi connectivity index (χ0n) is 7.18. The second kappa shape index (κ2) is 3.33. The summed E-state index contributed by atoms with van der Waals surface area (Å²) >= 11 is 0. The molecule has 4 nitrogen and oxygen atoms in total. The highest BCUT2D eigenvalue weighted by Gasteiger charge is 2.16. The Hall–Kier alpha value is -2.10. The predicted molar refractivity (Wildman–Crippen MR) is 48.9 cm³/mol. The lowest BCUT2D eigenvalue weighted by Crippen LogP contribution is -1.96. The van der Waals surface area contributed by atoms with E-state index in [2.05, 4.69) is 4.98 Å². The number of nitrogens with zero attached hydrogens (tertiary/aromatic N) is 1. The average molecular weight is 189 g/mol. The van der Waals surface area contributed by atoms with E-state index in [-0.39, 0.29) is 5.76 Å². The van der Waals surface area contributed by atoms with Gasteiger partial charge in [-0.2, -0.15) is 0 Å². The Morgan fingerprint density at radius 2 is 2.00 bits per heavy atom. The lowest BCUT2D eigenvalue weighted by atomic mass is 10.1. The van der Waals surface area contributed by atoms with Crippen molar-refractivity contribution >= 4 is 5.97 Å². The summed E-state index contributed by atoms with van der Waals surface area (Å²) in [4.78, 5) is 14.6. The molecule has 0 fully saturated rings. The van der Waals surface area contributed by atoms with Gasteiger partial charge in [-0.25, -0.2) is 9.78 Å². The van der Waals surface area contributed by atoms with E-state index in [4.69, 9.17) is 9.52 Å². The third kappa shape index (κ3) is 1.37. The molecule has 0 saturated carbocycles. The second-order valence-electron chi connectivity index (χ2n) is 2.70. The standard InChI is InChI=1S/C10H7NO3/c12-10(13)9-8(11-6-14-9)7-4-2-1-3-5-7/h1-6H,(H,12,13). The lowest BCUT2D eigenvalue weighted by Gasteiger charge is -1.95. The first-order chi connectivity index (χ1) is 6.79. The first-order valence-electron chi connectivity index (χ1n) is 4.01. The van der Waals surface area contributed by atoms with Crippen LogP contribution in [0.3, 0.4) is 0 Å². The minimum atomic E-state index is -1.11. The number of carbonyl (C=O) groups is 1. The SMILES string of the molecule is O=C(O)c1ocnc1-c1ccccc1. The summed E-state index contributed by atoms with van der Waals surface area (Å²) in [7, 11) is 0. The quantitative estimate of drug-likeness (QED) is 0.785. The van der Waals surface area contributed by atoms with Gasteiger partial charge in [0.1, 0.15) is 5.69 Å². The van der Waals surface area contributed by atoms with Crippen LogP contribution in [0.25, 0.3) is 11.3 Å². The molecular weight excluding hydrogens is 182 g/mol. The van der Waals surface area contributed by atoms with E-state index in [9.17, 15) is 4.79 Å². The summed E-state index contributed by atoms with van der Waals surface area (Å²) in [5.41, 5.74) is 1.09. The lowest BCUT2D eigenvalue weighted by molar-refractivity contribution is 0.0663. The Balaban J connectivity index is 2.52. The molecule has 2 rings (SSSR count). The molecule has 0 unspecified atom stereocenters. The number of aromatic carboxylic acids is 1. The molecule has 0 amide bonds. The summed E-state index contributed by atoms with van der Waals surface area (Å²) in [6.45, 7) is 0. The number of hydrogen-bond donors (Lipinski definition) is 1. The van der Waals surface area contributed by atoms with E-state index in [0.717, 1.165) is 12.0 Å². The maximum Gasteiger partial charge on any atom is 0.374 e. The molecule has 0 atom stereocenters. The summed E-state index contributed by atoms with van der Waals surface area (Å²) in [5, 5.41) is 8.78. The van der Waals surface area contributed by atoms with E-state index in [1.165, 1.54) is 0 Å². The van der Waals surface area contributed by atoms with Crippen molar-refractivity contribution in [3.05, 3.63) is 42.5 Å². The van der Waals surface area contributed by atoms with Crippen molar-refractivity contribution < 1.29 is 14.3 Å². The van der Waals surface area contributed by atoms with Crippen LogP contribution >= 0.6 is 0 Å². The Labute approximate surface area is 79.8 Å². The fraction of sp³-hybridized carbons (Fsp3) is 0. The van der Waals surface area contributed by atoms with Crippen molar-refractivity contribution in [2.45, 2.75) is 0 Å². The maximum absolute atomic E-state index is 10.7. The van der Waals surface area contributed by atoms with Gasteiger partial charge in [-0.3, -0.25) is 0 Å². The average Bonchev–Trinajstić information content (AvgIpc) is 2.67. The smallest absolute Gasteiger partial charge is 0.374 e. The highest BCUT2D eigenvalue weighted by Crippen LogP contribution is 2.21. The molecule has 1 aromatic heterocycles. The van der Waals surface area contributed by atoms with Gasteiger partial charge in [0, 0.05) is 5.56 Å². The van der Waals surface area contributed by atoms with E-state index in [1.807, 2.05) is 18.2 Å². The molecule has 1 aromatic carbocycles. The van der Waals surface area contributed by atoms with Gasteiger partial charge >= 0.3 is 5.97 Å². The van der Waals surface area contributed by atoms with Crippen LogP contribution in [0.4, 0.5) is 0 Å². The predicted octanol–water partition coefficient (Wildman–Crippen LogP) is 2.04. The van der Waals surface area contributed by atoms with Crippen LogP contribution in [0, 0.1) is 0 Å². The molecule has 0 aliphatic rings. The highest BCUT2D eigenvalue weighted by molar-refractivity contribution is 5.91. The van der Waals surface area contributed by atoms with Crippen LogP contribution in [-0.2, 0) is 0 Å². The minimum absolute atomic E-state index is 0.129. The molecule has 0 radical (unpaired) electrons. The van der Waals surface area contributed by atoms with Gasteiger partial charge in [-0.05, 0) is 0 Å². The topological polar surface area (TPSA) is 63.3 Å². The molecule has 1 N–H and O–H groups in total. The number of carboxylic acids is 1. The molecule has 0 aliphatic heterocycles. The third-order valence-electron chi connectivity index (χ3n) is 1.81. The van der Waals surface area contributed by atoms with E-state index in [1.54, 1.807) is 12.1 Å². The normalized spacial score (nSPS) is 10.0. The number of aromatic nitrogens is 1. The van der Waals surface area contributed by atoms with Crippen molar-refractivity contribution in [2.24, 2.45) is 0 Å². The molecular formula is C10H7NO3. The summed E-state index contributed by atoms with van der Waals surface area (Å²) < 4.78 is 4.77. The number of oxazole rings is 1. The van der Waals surface area contributed by atoms with Crippen molar-refractivity contribution in [3.8, 4) is 11.3 Å². The first kappa shape index (κ1) is 8.50.